The second-order valence-electron chi connectivity index (χ2n) is 6.47. The molecule has 0 radical (unpaired) electrons. The first-order valence-corrected chi connectivity index (χ1v) is 10.6. The third kappa shape index (κ3) is 5.10. The quantitative estimate of drug-likeness (QED) is 0.691. The van der Waals surface area contributed by atoms with E-state index < -0.39 is 33.1 Å². The number of sulfonamides is 1. The van der Waals surface area contributed by atoms with E-state index in [0.29, 0.717) is 0 Å². The van der Waals surface area contributed by atoms with Crippen LogP contribution in [0.2, 0.25) is 0 Å². The van der Waals surface area contributed by atoms with Gasteiger partial charge in [0.15, 0.2) is 11.6 Å². The molecule has 0 unspecified atom stereocenters. The van der Waals surface area contributed by atoms with Gasteiger partial charge in [-0.25, -0.2) is 17.2 Å². The summed E-state index contributed by atoms with van der Waals surface area (Å²) < 4.78 is 59.9. The van der Waals surface area contributed by atoms with Gasteiger partial charge in [0.1, 0.15) is 5.75 Å². The maximum absolute atomic E-state index is 14.0. The fraction of sp³-hybridized carbons (Fsp3) is 0.350. The maximum Gasteiger partial charge on any atom is 0.258 e. The normalized spacial score (nSPS) is 11.7. The van der Waals surface area contributed by atoms with Crippen molar-refractivity contribution in [3.63, 3.8) is 0 Å². The minimum atomic E-state index is -3.79. The Hall–Kier alpha value is -2.52. The van der Waals surface area contributed by atoms with E-state index in [1.165, 1.54) is 28.6 Å². The van der Waals surface area contributed by atoms with E-state index >= 15 is 0 Å². The highest BCUT2D eigenvalue weighted by atomic mass is 32.2. The first kappa shape index (κ1) is 22.8. The highest BCUT2D eigenvalue weighted by Crippen LogP contribution is 2.30. The van der Waals surface area contributed by atoms with Crippen LogP contribution in [0.4, 0.5) is 14.5 Å². The summed E-state index contributed by atoms with van der Waals surface area (Å²) in [7, 11) is -3.79. The molecule has 1 N–H and O–H groups in total. The van der Waals surface area contributed by atoms with E-state index in [0.717, 1.165) is 12.1 Å². The zero-order valence-corrected chi connectivity index (χ0v) is 17.5. The summed E-state index contributed by atoms with van der Waals surface area (Å²) in [5, 5.41) is 2.43. The highest BCUT2D eigenvalue weighted by Gasteiger charge is 2.24. The van der Waals surface area contributed by atoms with Gasteiger partial charge < -0.3 is 10.1 Å². The third-order valence-corrected chi connectivity index (χ3v) is 6.15. The molecular weight excluding hydrogens is 402 g/mol. The first-order chi connectivity index (χ1) is 13.6. The number of rotatable bonds is 8. The molecule has 0 fully saturated rings. The van der Waals surface area contributed by atoms with Gasteiger partial charge in [0.2, 0.25) is 10.0 Å². The molecule has 0 bridgehead atoms. The predicted octanol–water partition coefficient (Wildman–Crippen LogP) is 4.03. The van der Waals surface area contributed by atoms with Crippen molar-refractivity contribution in [2.24, 2.45) is 0 Å². The standard InChI is InChI=1S/C20H24F2N2O4S/c1-5-24(6-2)29(26,27)14-10-11-18(28-13(3)4)17(12-14)23-20(25)15-8-7-9-16(21)19(15)22/h7-13H,5-6H2,1-4H3,(H,23,25). The SMILES string of the molecule is CCN(CC)S(=O)(=O)c1ccc(OC(C)C)c(NC(=O)c2cccc(F)c2F)c1. The Kier molecular flexibility index (Phi) is 7.32. The summed E-state index contributed by atoms with van der Waals surface area (Å²) in [5.74, 6) is -3.16. The average Bonchev–Trinajstić information content (AvgIpc) is 2.65. The van der Waals surface area contributed by atoms with Crippen LogP contribution in [0, 0.1) is 11.6 Å². The Morgan fingerprint density at radius 2 is 1.79 bits per heavy atom. The van der Waals surface area contributed by atoms with Gasteiger partial charge in [-0.3, -0.25) is 4.79 Å². The molecule has 2 aromatic carbocycles. The van der Waals surface area contributed by atoms with Crippen LogP contribution >= 0.6 is 0 Å². The van der Waals surface area contributed by atoms with E-state index in [9.17, 15) is 22.0 Å². The smallest absolute Gasteiger partial charge is 0.258 e. The van der Waals surface area contributed by atoms with Gasteiger partial charge in [0, 0.05) is 13.1 Å². The number of hydrogen-bond donors (Lipinski definition) is 1. The molecule has 2 rings (SSSR count). The molecule has 0 saturated carbocycles. The molecule has 158 valence electrons. The monoisotopic (exact) mass is 426 g/mol. The van der Waals surface area contributed by atoms with Crippen LogP contribution in [0.5, 0.6) is 5.75 Å². The molecule has 0 heterocycles. The second kappa shape index (κ2) is 9.32. The predicted molar refractivity (Wildman–Crippen MR) is 107 cm³/mol. The van der Waals surface area contributed by atoms with Crippen molar-refractivity contribution in [2.45, 2.75) is 38.7 Å². The summed E-state index contributed by atoms with van der Waals surface area (Å²) in [6, 6.07) is 7.29. The number of ether oxygens (including phenoxy) is 1. The summed E-state index contributed by atoms with van der Waals surface area (Å²) >= 11 is 0. The molecule has 9 heteroatoms. The van der Waals surface area contributed by atoms with E-state index in [1.807, 2.05) is 0 Å². The van der Waals surface area contributed by atoms with Crippen molar-refractivity contribution in [2.75, 3.05) is 18.4 Å². The van der Waals surface area contributed by atoms with Crippen molar-refractivity contribution in [3.8, 4) is 5.75 Å². The van der Waals surface area contributed by atoms with Crippen LogP contribution in [0.15, 0.2) is 41.3 Å². The molecule has 1 amide bonds. The van der Waals surface area contributed by atoms with E-state index in [2.05, 4.69) is 5.32 Å². The lowest BCUT2D eigenvalue weighted by molar-refractivity contribution is 0.102. The molecular formula is C20H24F2N2O4S. The van der Waals surface area contributed by atoms with E-state index in [-0.39, 0.29) is 35.5 Å². The van der Waals surface area contributed by atoms with Crippen LogP contribution in [-0.4, -0.2) is 37.8 Å². The van der Waals surface area contributed by atoms with Gasteiger partial charge >= 0.3 is 0 Å². The fourth-order valence-corrected chi connectivity index (χ4v) is 4.19. The molecule has 29 heavy (non-hydrogen) atoms. The lowest BCUT2D eigenvalue weighted by Gasteiger charge is -2.20. The van der Waals surface area contributed by atoms with Crippen LogP contribution in [0.25, 0.3) is 0 Å². The Morgan fingerprint density at radius 3 is 2.38 bits per heavy atom. The van der Waals surface area contributed by atoms with E-state index in [4.69, 9.17) is 4.74 Å². The number of anilines is 1. The minimum absolute atomic E-state index is 0.0422. The number of carbonyl (C=O) groups is 1. The average molecular weight is 426 g/mol. The van der Waals surface area contributed by atoms with Crippen LogP contribution in [0.3, 0.4) is 0 Å². The van der Waals surface area contributed by atoms with Crippen molar-refractivity contribution < 1.29 is 26.7 Å². The zero-order valence-electron chi connectivity index (χ0n) is 16.7. The molecule has 0 aliphatic rings. The Labute approximate surface area is 169 Å². The molecule has 0 aliphatic heterocycles. The number of hydrogen-bond acceptors (Lipinski definition) is 4. The number of benzene rings is 2. The van der Waals surface area contributed by atoms with Crippen LogP contribution in [-0.2, 0) is 10.0 Å². The number of nitrogens with zero attached hydrogens (tertiary/aromatic N) is 1. The van der Waals surface area contributed by atoms with Gasteiger partial charge in [-0.2, -0.15) is 4.31 Å². The van der Waals surface area contributed by atoms with Gasteiger partial charge in [0.25, 0.3) is 5.91 Å². The molecule has 0 spiro atoms. The van der Waals surface area contributed by atoms with Crippen molar-refractivity contribution >= 4 is 21.6 Å². The summed E-state index contributed by atoms with van der Waals surface area (Å²) in [4.78, 5) is 12.5. The number of carbonyl (C=O) groups excluding carboxylic acids is 1. The third-order valence-electron chi connectivity index (χ3n) is 4.10. The Morgan fingerprint density at radius 1 is 1.14 bits per heavy atom. The Balaban J connectivity index is 2.49. The summed E-state index contributed by atoms with van der Waals surface area (Å²) in [6.07, 6.45) is -0.262. The molecule has 2 aromatic rings. The summed E-state index contributed by atoms with van der Waals surface area (Å²) in [6.45, 7) is 7.51. The Bertz CT molecular complexity index is 990. The number of amides is 1. The van der Waals surface area contributed by atoms with E-state index in [1.54, 1.807) is 27.7 Å². The molecule has 0 atom stereocenters. The lowest BCUT2D eigenvalue weighted by Crippen LogP contribution is -2.30. The van der Waals surface area contributed by atoms with Crippen LogP contribution in [0.1, 0.15) is 38.1 Å². The zero-order chi connectivity index (χ0) is 21.8. The van der Waals surface area contributed by atoms with Crippen LogP contribution < -0.4 is 10.1 Å². The second-order valence-corrected chi connectivity index (χ2v) is 8.41. The lowest BCUT2D eigenvalue weighted by atomic mass is 10.2. The molecule has 0 saturated heterocycles. The van der Waals surface area contributed by atoms with Gasteiger partial charge in [-0.15, -0.1) is 0 Å². The first-order valence-electron chi connectivity index (χ1n) is 9.18. The molecule has 0 aromatic heterocycles. The van der Waals surface area contributed by atoms with Gasteiger partial charge in [-0.05, 0) is 44.2 Å². The van der Waals surface area contributed by atoms with Crippen molar-refractivity contribution in [1.82, 2.24) is 4.31 Å². The van der Waals surface area contributed by atoms with Crippen molar-refractivity contribution in [1.29, 1.82) is 0 Å². The fourth-order valence-electron chi connectivity index (χ4n) is 2.71. The molecule has 6 nitrogen and oxygen atoms in total. The maximum atomic E-state index is 14.0. The van der Waals surface area contributed by atoms with Gasteiger partial charge in [0.05, 0.1) is 22.3 Å². The largest absolute Gasteiger partial charge is 0.489 e. The molecule has 0 aliphatic carbocycles. The number of halogens is 2. The topological polar surface area (TPSA) is 75.7 Å². The summed E-state index contributed by atoms with van der Waals surface area (Å²) in [5.41, 5.74) is -0.460. The highest BCUT2D eigenvalue weighted by molar-refractivity contribution is 7.89. The minimum Gasteiger partial charge on any atom is -0.489 e. The van der Waals surface area contributed by atoms with Gasteiger partial charge in [-0.1, -0.05) is 19.9 Å². The van der Waals surface area contributed by atoms with Crippen molar-refractivity contribution in [3.05, 3.63) is 53.6 Å². The number of nitrogens with one attached hydrogen (secondary N) is 1.